The Morgan fingerprint density at radius 1 is 1.33 bits per heavy atom. The van der Waals surface area contributed by atoms with Crippen molar-refractivity contribution in [2.45, 2.75) is 18.9 Å². The molecule has 1 aromatic carbocycles. The minimum atomic E-state index is -3.04. The van der Waals surface area contributed by atoms with Gasteiger partial charge in [0.1, 0.15) is 12.4 Å². The molecule has 1 fully saturated rings. The van der Waals surface area contributed by atoms with Crippen molar-refractivity contribution in [2.24, 2.45) is 0 Å². The van der Waals surface area contributed by atoms with Crippen LogP contribution in [0.4, 0.5) is 0 Å². The van der Waals surface area contributed by atoms with Crippen LogP contribution in [0.25, 0.3) is 6.08 Å². The highest BCUT2D eigenvalue weighted by atomic mass is 32.2. The van der Waals surface area contributed by atoms with Crippen LogP contribution in [0, 0.1) is 0 Å². The molecule has 0 spiro atoms. The number of sulfone groups is 1. The van der Waals surface area contributed by atoms with Crippen molar-refractivity contribution in [2.75, 3.05) is 18.1 Å². The van der Waals surface area contributed by atoms with E-state index in [1.165, 1.54) is 0 Å². The Hall–Kier alpha value is -1.82. The quantitative estimate of drug-likeness (QED) is 0.890. The van der Waals surface area contributed by atoms with Crippen molar-refractivity contribution in [1.29, 1.82) is 0 Å². The molecular weight excluding hydrogens is 290 g/mol. The fourth-order valence-electron chi connectivity index (χ4n) is 2.71. The lowest BCUT2D eigenvalue weighted by molar-refractivity contribution is -0.119. The Bertz CT molecular complexity index is 723. The van der Waals surface area contributed by atoms with Gasteiger partial charge in [0.25, 0.3) is 5.91 Å². The van der Waals surface area contributed by atoms with Gasteiger partial charge in [0.2, 0.25) is 0 Å². The van der Waals surface area contributed by atoms with Crippen LogP contribution in [0.15, 0.2) is 29.8 Å². The van der Waals surface area contributed by atoms with Gasteiger partial charge < -0.3 is 10.1 Å². The third-order valence-electron chi connectivity index (χ3n) is 3.84. The van der Waals surface area contributed by atoms with Crippen molar-refractivity contribution in [3.8, 4) is 5.75 Å². The minimum absolute atomic E-state index is 0.00351. The number of ether oxygens (including phenoxy) is 1. The smallest absolute Gasteiger partial charge is 0.251 e. The van der Waals surface area contributed by atoms with E-state index in [1.54, 1.807) is 13.0 Å². The maximum Gasteiger partial charge on any atom is 0.251 e. The van der Waals surface area contributed by atoms with Crippen LogP contribution < -0.4 is 10.1 Å². The summed E-state index contributed by atoms with van der Waals surface area (Å²) < 4.78 is 28.7. The van der Waals surface area contributed by atoms with Gasteiger partial charge in [-0.1, -0.05) is 18.2 Å². The van der Waals surface area contributed by atoms with Crippen molar-refractivity contribution >= 4 is 21.8 Å². The fourth-order valence-corrected chi connectivity index (χ4v) is 4.80. The number of para-hydroxylation sites is 1. The number of hydrogen-bond donors (Lipinski definition) is 1. The molecule has 0 aliphatic carbocycles. The first kappa shape index (κ1) is 14.1. The lowest BCUT2D eigenvalue weighted by atomic mass is 10.0. The molecule has 0 bridgehead atoms. The van der Waals surface area contributed by atoms with Crippen LogP contribution in [0.1, 0.15) is 18.9 Å². The predicted octanol–water partition coefficient (Wildman–Crippen LogP) is 1.16. The van der Waals surface area contributed by atoms with Crippen LogP contribution in [0.5, 0.6) is 5.75 Å². The summed E-state index contributed by atoms with van der Waals surface area (Å²) in [4.78, 5) is 12.3. The number of rotatable bonds is 2. The summed E-state index contributed by atoms with van der Waals surface area (Å²) in [6.45, 7) is 1.97. The zero-order chi connectivity index (χ0) is 15.1. The predicted molar refractivity (Wildman–Crippen MR) is 79.7 cm³/mol. The zero-order valence-corrected chi connectivity index (χ0v) is 12.6. The monoisotopic (exact) mass is 307 g/mol. The summed E-state index contributed by atoms with van der Waals surface area (Å²) >= 11 is 0. The normalized spacial score (nSPS) is 26.4. The molecule has 2 heterocycles. The van der Waals surface area contributed by atoms with Crippen LogP contribution in [-0.2, 0) is 14.6 Å². The van der Waals surface area contributed by atoms with E-state index in [0.29, 0.717) is 12.0 Å². The lowest BCUT2D eigenvalue weighted by Crippen LogP contribution is -2.48. The summed E-state index contributed by atoms with van der Waals surface area (Å²) in [7, 11) is -3.04. The van der Waals surface area contributed by atoms with Crippen molar-refractivity contribution in [3.05, 3.63) is 35.4 Å². The Morgan fingerprint density at radius 2 is 2.10 bits per heavy atom. The molecule has 0 saturated carbocycles. The van der Waals surface area contributed by atoms with E-state index in [1.807, 2.05) is 24.3 Å². The van der Waals surface area contributed by atoms with Gasteiger partial charge >= 0.3 is 0 Å². The molecule has 21 heavy (non-hydrogen) atoms. The summed E-state index contributed by atoms with van der Waals surface area (Å²) in [5, 5.41) is 2.85. The lowest BCUT2D eigenvalue weighted by Gasteiger charge is -2.26. The Labute approximate surface area is 123 Å². The number of hydrogen-bond acceptors (Lipinski definition) is 4. The molecule has 6 heteroatoms. The number of carbonyl (C=O) groups is 1. The van der Waals surface area contributed by atoms with Crippen LogP contribution in [0.2, 0.25) is 0 Å². The first-order valence-electron chi connectivity index (χ1n) is 6.82. The molecule has 2 aliphatic heterocycles. The molecule has 1 N–H and O–H groups in total. The van der Waals surface area contributed by atoms with Crippen molar-refractivity contribution in [3.63, 3.8) is 0 Å². The Morgan fingerprint density at radius 3 is 2.81 bits per heavy atom. The Kier molecular flexibility index (Phi) is 3.28. The topological polar surface area (TPSA) is 72.5 Å². The minimum Gasteiger partial charge on any atom is -0.488 e. The molecule has 1 saturated heterocycles. The SMILES string of the molecule is CC1(NC(=O)C2=Cc3ccccc3OC2)CCS(=O)(=O)C1. The number of carbonyl (C=O) groups excluding carboxylic acids is 1. The highest BCUT2D eigenvalue weighted by Crippen LogP contribution is 2.27. The second-order valence-electron chi connectivity index (χ2n) is 5.85. The van der Waals surface area contributed by atoms with Crippen LogP contribution >= 0.6 is 0 Å². The van der Waals surface area contributed by atoms with Gasteiger partial charge in [-0.15, -0.1) is 0 Å². The molecule has 1 aromatic rings. The zero-order valence-electron chi connectivity index (χ0n) is 11.8. The third-order valence-corrected chi connectivity index (χ3v) is 5.75. The summed E-state index contributed by atoms with van der Waals surface area (Å²) in [5.41, 5.74) is 0.686. The average Bonchev–Trinajstić information content (AvgIpc) is 2.71. The maximum atomic E-state index is 12.3. The van der Waals surface area contributed by atoms with E-state index in [2.05, 4.69) is 5.32 Å². The molecular formula is C15H17NO4S. The second-order valence-corrected chi connectivity index (χ2v) is 8.04. The molecule has 2 aliphatic rings. The fraction of sp³-hybridized carbons (Fsp3) is 0.400. The number of amides is 1. The van der Waals surface area contributed by atoms with E-state index in [9.17, 15) is 13.2 Å². The average molecular weight is 307 g/mol. The van der Waals surface area contributed by atoms with Gasteiger partial charge in [0, 0.05) is 5.56 Å². The van der Waals surface area contributed by atoms with Gasteiger partial charge in [-0.25, -0.2) is 8.42 Å². The molecule has 1 atom stereocenters. The van der Waals surface area contributed by atoms with E-state index in [4.69, 9.17) is 4.74 Å². The number of fused-ring (bicyclic) bond motifs is 1. The molecule has 1 unspecified atom stereocenters. The molecule has 1 amide bonds. The molecule has 3 rings (SSSR count). The Balaban J connectivity index is 1.77. The van der Waals surface area contributed by atoms with Gasteiger partial charge in [0.15, 0.2) is 9.84 Å². The van der Waals surface area contributed by atoms with Gasteiger partial charge in [-0.05, 0) is 25.5 Å². The summed E-state index contributed by atoms with van der Waals surface area (Å²) in [5.74, 6) is 0.617. The third kappa shape index (κ3) is 2.95. The summed E-state index contributed by atoms with van der Waals surface area (Å²) in [6, 6.07) is 7.49. The van der Waals surface area contributed by atoms with Gasteiger partial charge in [-0.3, -0.25) is 4.79 Å². The molecule has 0 aromatic heterocycles. The van der Waals surface area contributed by atoms with E-state index in [0.717, 1.165) is 11.3 Å². The summed E-state index contributed by atoms with van der Waals surface area (Å²) in [6.07, 6.45) is 2.24. The van der Waals surface area contributed by atoms with E-state index in [-0.39, 0.29) is 24.0 Å². The highest BCUT2D eigenvalue weighted by Gasteiger charge is 2.40. The van der Waals surface area contributed by atoms with Crippen molar-refractivity contribution in [1.82, 2.24) is 5.32 Å². The number of nitrogens with one attached hydrogen (secondary N) is 1. The first-order valence-corrected chi connectivity index (χ1v) is 8.64. The van der Waals surface area contributed by atoms with Crippen LogP contribution in [-0.4, -0.2) is 38.0 Å². The van der Waals surface area contributed by atoms with Crippen molar-refractivity contribution < 1.29 is 17.9 Å². The van der Waals surface area contributed by atoms with E-state index >= 15 is 0 Å². The van der Waals surface area contributed by atoms with E-state index < -0.39 is 15.4 Å². The van der Waals surface area contributed by atoms with Gasteiger partial charge in [-0.2, -0.15) is 0 Å². The van der Waals surface area contributed by atoms with Crippen LogP contribution in [0.3, 0.4) is 0 Å². The molecule has 5 nitrogen and oxygen atoms in total. The number of benzene rings is 1. The molecule has 0 radical (unpaired) electrons. The standard InChI is InChI=1S/C15H17NO4S/c1-15(6-7-21(18,19)10-15)16-14(17)12-8-11-4-2-3-5-13(11)20-9-12/h2-5,8H,6-7,9-10H2,1H3,(H,16,17). The second kappa shape index (κ2) is 4.87. The first-order chi connectivity index (χ1) is 9.87. The van der Waals surface area contributed by atoms with Gasteiger partial charge in [0.05, 0.1) is 22.6 Å². The highest BCUT2D eigenvalue weighted by molar-refractivity contribution is 7.91. The maximum absolute atomic E-state index is 12.3. The largest absolute Gasteiger partial charge is 0.488 e. The molecule has 112 valence electrons.